The third-order valence-corrected chi connectivity index (χ3v) is 4.20. The minimum atomic E-state index is -4.75. The van der Waals surface area contributed by atoms with Crippen LogP contribution >= 0.6 is 0 Å². The van der Waals surface area contributed by atoms with Crippen LogP contribution in [0.3, 0.4) is 0 Å². The summed E-state index contributed by atoms with van der Waals surface area (Å²) < 4.78 is 47.0. The Hall–Kier alpha value is -2.30. The van der Waals surface area contributed by atoms with Gasteiger partial charge >= 0.3 is 12.1 Å². The molecule has 0 fully saturated rings. The lowest BCUT2D eigenvalue weighted by Crippen LogP contribution is -2.50. The fourth-order valence-corrected chi connectivity index (χ4v) is 3.01. The highest BCUT2D eigenvalue weighted by molar-refractivity contribution is 5.85. The van der Waals surface area contributed by atoms with E-state index in [1.807, 2.05) is 30.3 Å². The average Bonchev–Trinajstić information content (AvgIpc) is 2.59. The monoisotopic (exact) mass is 350 g/mol. The Kier molecular flexibility index (Phi) is 5.88. The van der Waals surface area contributed by atoms with Gasteiger partial charge in [-0.1, -0.05) is 61.9 Å². The van der Waals surface area contributed by atoms with Gasteiger partial charge in [0.1, 0.15) is 0 Å². The van der Waals surface area contributed by atoms with Gasteiger partial charge in [-0.3, -0.25) is 4.79 Å². The summed E-state index contributed by atoms with van der Waals surface area (Å²) in [5.74, 6) is -1.24. The van der Waals surface area contributed by atoms with Gasteiger partial charge in [0, 0.05) is 0 Å². The van der Waals surface area contributed by atoms with E-state index < -0.39 is 17.6 Å². The van der Waals surface area contributed by atoms with E-state index in [-0.39, 0.29) is 25.0 Å². The van der Waals surface area contributed by atoms with Crippen LogP contribution in [0.2, 0.25) is 0 Å². The molecule has 1 unspecified atom stereocenters. The van der Waals surface area contributed by atoms with Gasteiger partial charge in [-0.05, 0) is 36.1 Å². The second-order valence-electron chi connectivity index (χ2n) is 5.82. The first-order valence-corrected chi connectivity index (χ1v) is 8.26. The van der Waals surface area contributed by atoms with Crippen LogP contribution in [0.5, 0.6) is 0 Å². The molecule has 0 bridgehead atoms. The molecule has 0 aliphatic heterocycles. The molecule has 25 heavy (non-hydrogen) atoms. The number of alkyl halides is 3. The van der Waals surface area contributed by atoms with Crippen molar-refractivity contribution in [2.24, 2.45) is 0 Å². The molecule has 2 aromatic rings. The lowest BCUT2D eigenvalue weighted by atomic mass is 9.75. The Labute approximate surface area is 145 Å². The maximum Gasteiger partial charge on any atom is 0.408 e. The van der Waals surface area contributed by atoms with Crippen LogP contribution in [0.15, 0.2) is 54.6 Å². The van der Waals surface area contributed by atoms with Gasteiger partial charge in [-0.2, -0.15) is 13.2 Å². The van der Waals surface area contributed by atoms with Gasteiger partial charge in [0.05, 0.1) is 6.61 Å². The minimum Gasteiger partial charge on any atom is -0.465 e. The van der Waals surface area contributed by atoms with Crippen molar-refractivity contribution in [1.82, 2.24) is 0 Å². The van der Waals surface area contributed by atoms with Gasteiger partial charge in [-0.15, -0.1) is 0 Å². The third kappa shape index (κ3) is 3.70. The zero-order valence-corrected chi connectivity index (χ0v) is 14.3. The summed E-state index contributed by atoms with van der Waals surface area (Å²) in [7, 11) is 0. The predicted molar refractivity (Wildman–Crippen MR) is 91.2 cm³/mol. The molecule has 0 heterocycles. The number of halogens is 3. The maximum absolute atomic E-state index is 14.1. The van der Waals surface area contributed by atoms with E-state index in [1.54, 1.807) is 19.1 Å². The molecule has 2 aromatic carbocycles. The zero-order chi connectivity index (χ0) is 18.5. The largest absolute Gasteiger partial charge is 0.465 e. The molecule has 2 nitrogen and oxygen atoms in total. The molecule has 5 heteroatoms. The molecular weight excluding hydrogens is 329 g/mol. The molecule has 0 amide bonds. The first-order chi connectivity index (χ1) is 11.9. The van der Waals surface area contributed by atoms with Crippen molar-refractivity contribution in [2.75, 3.05) is 6.61 Å². The fourth-order valence-electron chi connectivity index (χ4n) is 3.01. The van der Waals surface area contributed by atoms with E-state index >= 15 is 0 Å². The third-order valence-electron chi connectivity index (χ3n) is 4.20. The van der Waals surface area contributed by atoms with E-state index in [2.05, 4.69) is 0 Å². The lowest BCUT2D eigenvalue weighted by Gasteiger charge is -2.34. The highest BCUT2D eigenvalue weighted by Crippen LogP contribution is 2.46. The molecule has 134 valence electrons. The van der Waals surface area contributed by atoms with Crippen molar-refractivity contribution in [3.05, 3.63) is 60.2 Å². The highest BCUT2D eigenvalue weighted by Gasteiger charge is 2.61. The van der Waals surface area contributed by atoms with Gasteiger partial charge in [-0.25, -0.2) is 0 Å². The fraction of sp³-hybridized carbons (Fsp3) is 0.350. The van der Waals surface area contributed by atoms with Crippen molar-refractivity contribution in [3.8, 4) is 11.1 Å². The van der Waals surface area contributed by atoms with Crippen LogP contribution in [0.25, 0.3) is 11.1 Å². The van der Waals surface area contributed by atoms with Crippen LogP contribution in [0.1, 0.15) is 32.3 Å². The number of hydrogen-bond acceptors (Lipinski definition) is 2. The number of carbonyl (C=O) groups excluding carboxylic acids is 1. The number of carbonyl (C=O) groups is 1. The van der Waals surface area contributed by atoms with Crippen molar-refractivity contribution >= 4 is 5.97 Å². The molecule has 0 saturated heterocycles. The molecule has 0 N–H and O–H groups in total. The molecule has 2 rings (SSSR count). The normalized spacial score (nSPS) is 14.0. The highest BCUT2D eigenvalue weighted by atomic mass is 19.4. The molecular formula is C20H21F3O2. The van der Waals surface area contributed by atoms with E-state index in [9.17, 15) is 18.0 Å². The summed E-state index contributed by atoms with van der Waals surface area (Å²) in [4.78, 5) is 12.4. The minimum absolute atomic E-state index is 0.0818. The van der Waals surface area contributed by atoms with Gasteiger partial charge in [0.2, 0.25) is 0 Å². The zero-order valence-electron chi connectivity index (χ0n) is 14.3. The first kappa shape index (κ1) is 19.0. The van der Waals surface area contributed by atoms with Gasteiger partial charge in [0.25, 0.3) is 0 Å². The van der Waals surface area contributed by atoms with Crippen molar-refractivity contribution in [2.45, 2.75) is 38.3 Å². The van der Waals surface area contributed by atoms with Crippen molar-refractivity contribution in [3.63, 3.8) is 0 Å². The topological polar surface area (TPSA) is 26.3 Å². The van der Waals surface area contributed by atoms with E-state index in [1.165, 1.54) is 19.1 Å². The Bertz CT molecular complexity index is 710. The summed E-state index contributed by atoms with van der Waals surface area (Å²) in [5, 5.41) is 0. The molecule has 0 aliphatic rings. The Balaban J connectivity index is 2.63. The smallest absolute Gasteiger partial charge is 0.408 e. The summed E-state index contributed by atoms with van der Waals surface area (Å²) in [6, 6.07) is 15.2. The summed E-state index contributed by atoms with van der Waals surface area (Å²) in [6.07, 6.45) is -4.90. The van der Waals surface area contributed by atoms with Crippen LogP contribution in [-0.2, 0) is 14.9 Å². The summed E-state index contributed by atoms with van der Waals surface area (Å²) >= 11 is 0. The molecule has 0 spiro atoms. The number of rotatable bonds is 6. The van der Waals surface area contributed by atoms with E-state index in [4.69, 9.17) is 4.74 Å². The van der Waals surface area contributed by atoms with Crippen molar-refractivity contribution in [1.29, 1.82) is 0 Å². The Morgan fingerprint density at radius 1 is 0.960 bits per heavy atom. The first-order valence-electron chi connectivity index (χ1n) is 8.26. The van der Waals surface area contributed by atoms with E-state index in [0.717, 1.165) is 5.56 Å². The Morgan fingerprint density at radius 3 is 2.16 bits per heavy atom. The summed E-state index contributed by atoms with van der Waals surface area (Å²) in [5.41, 5.74) is -1.31. The molecule has 0 saturated carbocycles. The van der Waals surface area contributed by atoms with Crippen LogP contribution in [0.4, 0.5) is 13.2 Å². The predicted octanol–water partition coefficient (Wildman–Crippen LogP) is 5.52. The maximum atomic E-state index is 14.1. The molecule has 1 atom stereocenters. The van der Waals surface area contributed by atoms with E-state index in [0.29, 0.717) is 5.56 Å². The number of hydrogen-bond donors (Lipinski definition) is 0. The van der Waals surface area contributed by atoms with Crippen LogP contribution in [-0.4, -0.2) is 18.8 Å². The molecule has 0 aromatic heterocycles. The number of ether oxygens (including phenoxy) is 1. The van der Waals surface area contributed by atoms with Crippen LogP contribution < -0.4 is 0 Å². The Morgan fingerprint density at radius 2 is 1.60 bits per heavy atom. The van der Waals surface area contributed by atoms with Crippen LogP contribution in [0, 0.1) is 0 Å². The molecule has 0 radical (unpaired) electrons. The number of benzene rings is 2. The average molecular weight is 350 g/mol. The lowest BCUT2D eigenvalue weighted by molar-refractivity contribution is -0.211. The standard InChI is InChI=1S/C20H21F3O2/c1-3-13-19(20(21,22)23,18(24)25-4-2)17-12-8-11-16(14-17)15-9-6-5-7-10-15/h5-12,14H,3-4,13H2,1-2H3. The number of esters is 1. The second-order valence-corrected chi connectivity index (χ2v) is 5.82. The summed E-state index contributed by atoms with van der Waals surface area (Å²) in [6.45, 7) is 3.03. The SMILES string of the molecule is CCCC(C(=O)OCC)(c1cccc(-c2ccccc2)c1)C(F)(F)F. The second kappa shape index (κ2) is 7.72. The van der Waals surface area contributed by atoms with Gasteiger partial charge in [0.15, 0.2) is 5.41 Å². The quantitative estimate of drug-likeness (QED) is 0.642. The molecule has 0 aliphatic carbocycles. The van der Waals surface area contributed by atoms with Crippen molar-refractivity contribution < 1.29 is 22.7 Å². The van der Waals surface area contributed by atoms with Gasteiger partial charge < -0.3 is 4.74 Å².